The highest BCUT2D eigenvalue weighted by Gasteiger charge is 2.13. The molecule has 64 valence electrons. The lowest BCUT2D eigenvalue weighted by molar-refractivity contribution is 0.0692. The van der Waals surface area contributed by atoms with Crippen LogP contribution in [0, 0.1) is 0 Å². The fourth-order valence-electron chi connectivity index (χ4n) is 0.783. The van der Waals surface area contributed by atoms with E-state index in [1.54, 1.807) is 0 Å². The Balaban J connectivity index is 3.27. The summed E-state index contributed by atoms with van der Waals surface area (Å²) in [4.78, 5) is 14.3. The fraction of sp³-hybridized carbons (Fsp3) is 0.143. The van der Waals surface area contributed by atoms with Crippen LogP contribution in [0.2, 0.25) is 0 Å². The predicted molar refractivity (Wildman–Crippen MR) is 45.4 cm³/mol. The van der Waals surface area contributed by atoms with Gasteiger partial charge in [-0.05, 0) is 15.9 Å². The van der Waals surface area contributed by atoms with E-state index in [0.29, 0.717) is 4.47 Å². The fourth-order valence-corrected chi connectivity index (χ4v) is 1.28. The van der Waals surface area contributed by atoms with Crippen LogP contribution in [-0.2, 0) is 0 Å². The molecule has 0 atom stereocenters. The minimum atomic E-state index is -1.05. The Labute approximate surface area is 77.3 Å². The zero-order valence-electron chi connectivity index (χ0n) is 6.24. The highest BCUT2D eigenvalue weighted by molar-refractivity contribution is 9.10. The highest BCUT2D eigenvalue weighted by atomic mass is 79.9. The topological polar surface area (TPSA) is 59.4 Å². The average molecular weight is 232 g/mol. The van der Waals surface area contributed by atoms with E-state index >= 15 is 0 Å². The van der Waals surface area contributed by atoms with Gasteiger partial charge < -0.3 is 9.84 Å². The molecule has 1 aromatic heterocycles. The van der Waals surface area contributed by atoms with Gasteiger partial charge in [-0.15, -0.1) is 0 Å². The third kappa shape index (κ3) is 1.55. The number of halogens is 1. The molecule has 0 saturated heterocycles. The van der Waals surface area contributed by atoms with Crippen LogP contribution in [0.5, 0.6) is 5.75 Å². The Morgan fingerprint density at radius 2 is 2.33 bits per heavy atom. The lowest BCUT2D eigenvalue weighted by Gasteiger charge is -2.04. The normalized spacial score (nSPS) is 9.50. The second-order valence-electron chi connectivity index (χ2n) is 2.01. The van der Waals surface area contributed by atoms with Crippen molar-refractivity contribution in [2.75, 3.05) is 7.11 Å². The molecule has 1 heterocycles. The van der Waals surface area contributed by atoms with Crippen molar-refractivity contribution in [3.63, 3.8) is 0 Å². The first-order valence-corrected chi connectivity index (χ1v) is 3.87. The van der Waals surface area contributed by atoms with Crippen LogP contribution in [-0.4, -0.2) is 23.2 Å². The van der Waals surface area contributed by atoms with Gasteiger partial charge in [0.25, 0.3) is 0 Å². The molecule has 0 spiro atoms. The number of rotatable bonds is 2. The van der Waals surface area contributed by atoms with Crippen LogP contribution < -0.4 is 4.74 Å². The quantitative estimate of drug-likeness (QED) is 0.840. The molecule has 0 saturated carbocycles. The van der Waals surface area contributed by atoms with Gasteiger partial charge in [0.1, 0.15) is 5.56 Å². The second-order valence-corrected chi connectivity index (χ2v) is 2.86. The van der Waals surface area contributed by atoms with Crippen molar-refractivity contribution in [2.24, 2.45) is 0 Å². The Bertz CT molecular complexity index is 314. The number of carbonyl (C=O) groups is 1. The van der Waals surface area contributed by atoms with Crippen LogP contribution >= 0.6 is 15.9 Å². The molecule has 5 heteroatoms. The van der Waals surface area contributed by atoms with Crippen molar-refractivity contribution >= 4 is 21.9 Å². The molecule has 0 radical (unpaired) electrons. The maximum absolute atomic E-state index is 10.6. The smallest absolute Gasteiger partial charge is 0.341 e. The van der Waals surface area contributed by atoms with E-state index in [1.807, 2.05) is 0 Å². The summed E-state index contributed by atoms with van der Waals surface area (Å²) >= 11 is 3.12. The van der Waals surface area contributed by atoms with Gasteiger partial charge in [-0.25, -0.2) is 4.79 Å². The van der Waals surface area contributed by atoms with Gasteiger partial charge in [0.2, 0.25) is 0 Å². The van der Waals surface area contributed by atoms with Crippen molar-refractivity contribution in [3.8, 4) is 5.75 Å². The lowest BCUT2D eigenvalue weighted by Crippen LogP contribution is -2.01. The summed E-state index contributed by atoms with van der Waals surface area (Å²) in [7, 11) is 1.41. The van der Waals surface area contributed by atoms with Gasteiger partial charge in [0, 0.05) is 12.4 Å². The number of aromatic carboxylic acids is 1. The van der Waals surface area contributed by atoms with E-state index in [-0.39, 0.29) is 11.3 Å². The Morgan fingerprint density at radius 3 is 2.75 bits per heavy atom. The number of carboxylic acids is 1. The summed E-state index contributed by atoms with van der Waals surface area (Å²) in [5, 5.41) is 8.68. The summed E-state index contributed by atoms with van der Waals surface area (Å²) in [6, 6.07) is 0. The van der Waals surface area contributed by atoms with Crippen molar-refractivity contribution < 1.29 is 14.6 Å². The number of methoxy groups -OCH3 is 1. The molecular formula is C7H6BrNO3. The van der Waals surface area contributed by atoms with Gasteiger partial charge in [-0.1, -0.05) is 0 Å². The molecule has 0 fully saturated rings. The maximum atomic E-state index is 10.6. The molecule has 1 N–H and O–H groups in total. The zero-order valence-corrected chi connectivity index (χ0v) is 7.83. The summed E-state index contributed by atoms with van der Waals surface area (Å²) in [5.74, 6) is -0.766. The molecule has 0 amide bonds. The molecule has 0 bridgehead atoms. The zero-order chi connectivity index (χ0) is 9.14. The number of nitrogens with zero attached hydrogens (tertiary/aromatic N) is 1. The van der Waals surface area contributed by atoms with E-state index in [4.69, 9.17) is 9.84 Å². The molecule has 0 aliphatic heterocycles. The van der Waals surface area contributed by atoms with Crippen molar-refractivity contribution in [1.29, 1.82) is 0 Å². The van der Waals surface area contributed by atoms with Crippen molar-refractivity contribution in [1.82, 2.24) is 4.98 Å². The Hall–Kier alpha value is -1.10. The number of hydrogen-bond acceptors (Lipinski definition) is 3. The first kappa shape index (κ1) is 8.99. The van der Waals surface area contributed by atoms with Crippen LogP contribution in [0.4, 0.5) is 0 Å². The monoisotopic (exact) mass is 231 g/mol. The molecule has 0 aromatic carbocycles. The summed E-state index contributed by atoms with van der Waals surface area (Å²) in [6.07, 6.45) is 2.72. The second kappa shape index (κ2) is 3.53. The van der Waals surface area contributed by atoms with E-state index in [1.165, 1.54) is 19.5 Å². The molecule has 0 aliphatic carbocycles. The molecule has 1 aromatic rings. The van der Waals surface area contributed by atoms with E-state index in [0.717, 1.165) is 0 Å². The lowest BCUT2D eigenvalue weighted by atomic mass is 10.2. The molecule has 0 unspecified atom stereocenters. The molecular weight excluding hydrogens is 226 g/mol. The minimum absolute atomic E-state index is 0.0480. The molecule has 0 aliphatic rings. The summed E-state index contributed by atoms with van der Waals surface area (Å²) in [5.41, 5.74) is 0.0480. The Kier molecular flexibility index (Phi) is 2.65. The van der Waals surface area contributed by atoms with Gasteiger partial charge in [-0.3, -0.25) is 4.98 Å². The number of carboxylic acid groups (broad SMARTS) is 1. The standard InChI is InChI=1S/C7H6BrNO3/c1-12-6-4(7(10)11)2-9-3-5(6)8/h2-3H,1H3,(H,10,11). The molecule has 12 heavy (non-hydrogen) atoms. The average Bonchev–Trinajstić information content (AvgIpc) is 2.03. The first-order chi connectivity index (χ1) is 5.66. The van der Waals surface area contributed by atoms with E-state index < -0.39 is 5.97 Å². The van der Waals surface area contributed by atoms with Gasteiger partial charge in [0.15, 0.2) is 5.75 Å². The summed E-state index contributed by atoms with van der Waals surface area (Å²) in [6.45, 7) is 0. The number of pyridine rings is 1. The van der Waals surface area contributed by atoms with Crippen molar-refractivity contribution in [2.45, 2.75) is 0 Å². The number of aromatic nitrogens is 1. The number of hydrogen-bond donors (Lipinski definition) is 1. The maximum Gasteiger partial charge on any atom is 0.341 e. The predicted octanol–water partition coefficient (Wildman–Crippen LogP) is 1.55. The SMILES string of the molecule is COc1c(Br)cncc1C(=O)O. The van der Waals surface area contributed by atoms with Crippen molar-refractivity contribution in [3.05, 3.63) is 22.4 Å². The van der Waals surface area contributed by atoms with E-state index in [9.17, 15) is 4.79 Å². The molecule has 4 nitrogen and oxygen atoms in total. The third-order valence-electron chi connectivity index (χ3n) is 1.29. The largest absolute Gasteiger partial charge is 0.495 e. The first-order valence-electron chi connectivity index (χ1n) is 3.07. The van der Waals surface area contributed by atoms with Crippen LogP contribution in [0.3, 0.4) is 0 Å². The van der Waals surface area contributed by atoms with Gasteiger partial charge in [-0.2, -0.15) is 0 Å². The van der Waals surface area contributed by atoms with Gasteiger partial charge >= 0.3 is 5.97 Å². The molecule has 1 rings (SSSR count). The summed E-state index contributed by atoms with van der Waals surface area (Å²) < 4.78 is 5.40. The van der Waals surface area contributed by atoms with Gasteiger partial charge in [0.05, 0.1) is 11.6 Å². The van der Waals surface area contributed by atoms with Crippen LogP contribution in [0.15, 0.2) is 16.9 Å². The van der Waals surface area contributed by atoms with E-state index in [2.05, 4.69) is 20.9 Å². The minimum Gasteiger partial charge on any atom is -0.495 e. The third-order valence-corrected chi connectivity index (χ3v) is 1.85. The van der Waals surface area contributed by atoms with Crippen LogP contribution in [0.25, 0.3) is 0 Å². The highest BCUT2D eigenvalue weighted by Crippen LogP contribution is 2.27. The number of ether oxygens (including phenoxy) is 1. The Morgan fingerprint density at radius 1 is 1.67 bits per heavy atom. The van der Waals surface area contributed by atoms with Crippen LogP contribution in [0.1, 0.15) is 10.4 Å².